The van der Waals surface area contributed by atoms with Crippen LogP contribution in [-0.4, -0.2) is 33.1 Å². The van der Waals surface area contributed by atoms with Crippen LogP contribution < -0.4 is 0 Å². The van der Waals surface area contributed by atoms with Crippen LogP contribution in [0.1, 0.15) is 37.6 Å². The highest BCUT2D eigenvalue weighted by atomic mass is 15.2. The first kappa shape index (κ1) is 12.4. The summed E-state index contributed by atoms with van der Waals surface area (Å²) in [5, 5.41) is 0. The van der Waals surface area contributed by atoms with Gasteiger partial charge in [0.15, 0.2) is 0 Å². The van der Waals surface area contributed by atoms with Gasteiger partial charge in [0.05, 0.1) is 11.0 Å². The largest absolute Gasteiger partial charge is 0.326 e. The molecule has 1 aliphatic heterocycles. The molecule has 0 spiro atoms. The molecule has 1 aromatic heterocycles. The number of nitrogens with zero attached hydrogens (tertiary/aromatic N) is 3. The Morgan fingerprint density at radius 2 is 2.10 bits per heavy atom. The van der Waals surface area contributed by atoms with Crippen molar-refractivity contribution in [1.29, 1.82) is 0 Å². The van der Waals surface area contributed by atoms with Gasteiger partial charge in [-0.1, -0.05) is 12.5 Å². The van der Waals surface area contributed by atoms with Gasteiger partial charge in [-0.3, -0.25) is 4.90 Å². The standard InChI is InChI=1S/C17H23N3/c1-12-6-7-16-15(10-12)18-17-8-9-19(14-4-3-5-14)13(2)11-20(16)17/h6-7,10,13-14H,3-5,8-9,11H2,1-2H3. The molecular formula is C17H23N3. The quantitative estimate of drug-likeness (QED) is 0.793. The average molecular weight is 269 g/mol. The molecule has 0 N–H and O–H groups in total. The lowest BCUT2D eigenvalue weighted by Gasteiger charge is -2.40. The Morgan fingerprint density at radius 3 is 2.85 bits per heavy atom. The van der Waals surface area contributed by atoms with Crippen molar-refractivity contribution in [2.45, 2.75) is 58.2 Å². The molecule has 2 aliphatic rings. The zero-order valence-electron chi connectivity index (χ0n) is 12.5. The van der Waals surface area contributed by atoms with E-state index in [-0.39, 0.29) is 0 Å². The second-order valence-corrected chi connectivity index (χ2v) is 6.55. The number of fused-ring (bicyclic) bond motifs is 3. The lowest BCUT2D eigenvalue weighted by Crippen LogP contribution is -2.46. The van der Waals surface area contributed by atoms with Gasteiger partial charge >= 0.3 is 0 Å². The van der Waals surface area contributed by atoms with Gasteiger partial charge in [0, 0.05) is 31.6 Å². The Kier molecular flexibility index (Phi) is 2.84. The van der Waals surface area contributed by atoms with E-state index >= 15 is 0 Å². The van der Waals surface area contributed by atoms with Gasteiger partial charge in [-0.25, -0.2) is 4.98 Å². The zero-order chi connectivity index (χ0) is 13.7. The molecular weight excluding hydrogens is 246 g/mol. The molecule has 20 heavy (non-hydrogen) atoms. The van der Waals surface area contributed by atoms with Gasteiger partial charge in [0.1, 0.15) is 5.82 Å². The van der Waals surface area contributed by atoms with E-state index < -0.39 is 0 Å². The van der Waals surface area contributed by atoms with E-state index in [1.54, 1.807) is 0 Å². The molecule has 1 fully saturated rings. The summed E-state index contributed by atoms with van der Waals surface area (Å²) in [4.78, 5) is 7.60. The minimum atomic E-state index is 0.625. The lowest BCUT2D eigenvalue weighted by atomic mass is 9.90. The topological polar surface area (TPSA) is 21.1 Å². The Bertz CT molecular complexity index is 639. The summed E-state index contributed by atoms with van der Waals surface area (Å²) in [7, 11) is 0. The first-order chi connectivity index (χ1) is 9.72. The van der Waals surface area contributed by atoms with E-state index in [4.69, 9.17) is 4.98 Å². The van der Waals surface area contributed by atoms with E-state index in [0.717, 1.165) is 19.0 Å². The smallest absolute Gasteiger partial charge is 0.111 e. The van der Waals surface area contributed by atoms with E-state index in [0.29, 0.717) is 6.04 Å². The molecule has 0 radical (unpaired) electrons. The maximum atomic E-state index is 4.88. The average Bonchev–Trinajstić information content (AvgIpc) is 2.61. The van der Waals surface area contributed by atoms with Crippen LogP contribution in [0.3, 0.4) is 0 Å². The summed E-state index contributed by atoms with van der Waals surface area (Å²) in [6.07, 6.45) is 5.30. The highest BCUT2D eigenvalue weighted by molar-refractivity contribution is 5.77. The van der Waals surface area contributed by atoms with Gasteiger partial charge in [-0.15, -0.1) is 0 Å². The van der Waals surface area contributed by atoms with Crippen LogP contribution >= 0.6 is 0 Å². The number of hydrogen-bond acceptors (Lipinski definition) is 2. The Morgan fingerprint density at radius 1 is 1.25 bits per heavy atom. The fourth-order valence-electron chi connectivity index (χ4n) is 3.76. The van der Waals surface area contributed by atoms with Crippen molar-refractivity contribution in [3.05, 3.63) is 29.6 Å². The molecule has 1 aromatic carbocycles. The van der Waals surface area contributed by atoms with Gasteiger partial charge in [0.25, 0.3) is 0 Å². The van der Waals surface area contributed by atoms with Crippen LogP contribution in [0, 0.1) is 6.92 Å². The molecule has 1 saturated carbocycles. The van der Waals surface area contributed by atoms with Crippen molar-refractivity contribution in [3.63, 3.8) is 0 Å². The second kappa shape index (κ2) is 4.59. The SMILES string of the molecule is Cc1ccc2c(c1)nc1n2CC(C)N(C2CCC2)CC1. The lowest BCUT2D eigenvalue weighted by molar-refractivity contribution is 0.0867. The highest BCUT2D eigenvalue weighted by Crippen LogP contribution is 2.30. The first-order valence-electron chi connectivity index (χ1n) is 7.94. The van der Waals surface area contributed by atoms with Crippen LogP contribution in [0.25, 0.3) is 11.0 Å². The molecule has 1 atom stereocenters. The van der Waals surface area contributed by atoms with E-state index in [1.807, 2.05) is 0 Å². The van der Waals surface area contributed by atoms with Crippen molar-refractivity contribution in [2.24, 2.45) is 0 Å². The Hall–Kier alpha value is -1.35. The predicted octanol–water partition coefficient (Wildman–Crippen LogP) is 3.14. The molecule has 106 valence electrons. The summed E-state index contributed by atoms with van der Waals surface area (Å²) >= 11 is 0. The van der Waals surface area contributed by atoms with Crippen molar-refractivity contribution in [3.8, 4) is 0 Å². The van der Waals surface area contributed by atoms with E-state index in [1.165, 1.54) is 48.2 Å². The molecule has 1 unspecified atom stereocenters. The first-order valence-corrected chi connectivity index (χ1v) is 7.94. The monoisotopic (exact) mass is 269 g/mol. The molecule has 1 aliphatic carbocycles. The molecule has 4 rings (SSSR count). The molecule has 2 heterocycles. The number of aryl methyl sites for hydroxylation is 1. The Balaban J connectivity index is 1.70. The summed E-state index contributed by atoms with van der Waals surface area (Å²) in [6, 6.07) is 8.12. The third-order valence-corrected chi connectivity index (χ3v) is 5.13. The molecule has 0 amide bonds. The van der Waals surface area contributed by atoms with Crippen LogP contribution in [0.5, 0.6) is 0 Å². The number of rotatable bonds is 1. The summed E-state index contributed by atoms with van der Waals surface area (Å²) in [6.45, 7) is 6.79. The van der Waals surface area contributed by atoms with Crippen molar-refractivity contribution < 1.29 is 0 Å². The van der Waals surface area contributed by atoms with Crippen LogP contribution in [-0.2, 0) is 13.0 Å². The van der Waals surface area contributed by atoms with E-state index in [2.05, 4.69) is 41.5 Å². The minimum absolute atomic E-state index is 0.625. The van der Waals surface area contributed by atoms with Crippen LogP contribution in [0.15, 0.2) is 18.2 Å². The van der Waals surface area contributed by atoms with Crippen molar-refractivity contribution in [2.75, 3.05) is 6.54 Å². The van der Waals surface area contributed by atoms with Crippen LogP contribution in [0.2, 0.25) is 0 Å². The van der Waals surface area contributed by atoms with Gasteiger partial charge in [0.2, 0.25) is 0 Å². The number of aromatic nitrogens is 2. The fourth-order valence-corrected chi connectivity index (χ4v) is 3.76. The third-order valence-electron chi connectivity index (χ3n) is 5.13. The maximum Gasteiger partial charge on any atom is 0.111 e. The van der Waals surface area contributed by atoms with Gasteiger partial charge < -0.3 is 4.57 Å². The number of imidazole rings is 1. The third kappa shape index (κ3) is 1.87. The predicted molar refractivity (Wildman–Crippen MR) is 82.0 cm³/mol. The van der Waals surface area contributed by atoms with Gasteiger partial charge in [-0.2, -0.15) is 0 Å². The fraction of sp³-hybridized carbons (Fsp3) is 0.588. The number of benzene rings is 1. The summed E-state index contributed by atoms with van der Waals surface area (Å²) in [5.41, 5.74) is 3.78. The summed E-state index contributed by atoms with van der Waals surface area (Å²) in [5.74, 6) is 1.28. The molecule has 0 bridgehead atoms. The molecule has 3 nitrogen and oxygen atoms in total. The molecule has 2 aromatic rings. The Labute approximate surface area is 120 Å². The van der Waals surface area contributed by atoms with Crippen molar-refractivity contribution in [1.82, 2.24) is 14.5 Å². The van der Waals surface area contributed by atoms with Crippen molar-refractivity contribution >= 4 is 11.0 Å². The minimum Gasteiger partial charge on any atom is -0.326 e. The zero-order valence-corrected chi connectivity index (χ0v) is 12.5. The maximum absolute atomic E-state index is 4.88. The molecule has 0 saturated heterocycles. The highest BCUT2D eigenvalue weighted by Gasteiger charge is 2.31. The normalized spacial score (nSPS) is 24.4. The van der Waals surface area contributed by atoms with Crippen LogP contribution in [0.4, 0.5) is 0 Å². The van der Waals surface area contributed by atoms with Gasteiger partial charge in [-0.05, 0) is 44.4 Å². The van der Waals surface area contributed by atoms with E-state index in [9.17, 15) is 0 Å². The molecule has 3 heteroatoms. The number of hydrogen-bond donors (Lipinski definition) is 0. The second-order valence-electron chi connectivity index (χ2n) is 6.55. The summed E-state index contributed by atoms with van der Waals surface area (Å²) < 4.78 is 2.46.